The first-order chi connectivity index (χ1) is 15.4. The summed E-state index contributed by atoms with van der Waals surface area (Å²) in [5, 5.41) is 0.447. The van der Waals surface area contributed by atoms with Crippen molar-refractivity contribution in [1.82, 2.24) is 4.98 Å². The summed E-state index contributed by atoms with van der Waals surface area (Å²) in [7, 11) is -3.49. The number of halogens is 1. The topological polar surface area (TPSA) is 56.4 Å². The first-order valence-corrected chi connectivity index (χ1v) is 13.2. The Kier molecular flexibility index (Phi) is 6.82. The molecule has 32 heavy (non-hydrogen) atoms. The summed E-state index contributed by atoms with van der Waals surface area (Å²) in [6.07, 6.45) is 1.43. The average molecular weight is 472 g/mol. The number of para-hydroxylation sites is 1. The van der Waals surface area contributed by atoms with Crippen molar-refractivity contribution in [2.45, 2.75) is 31.7 Å². The van der Waals surface area contributed by atoms with Crippen LogP contribution in [0.4, 0.5) is 11.5 Å². The minimum absolute atomic E-state index is 0.0954. The zero-order valence-corrected chi connectivity index (χ0v) is 20.2. The fourth-order valence-corrected chi connectivity index (χ4v) is 6.35. The molecule has 1 aliphatic heterocycles. The standard InChI is InChI=1S/C25H30ClN3O2S/c1-3-4-18-32(30,31)25-23(26)22(21-13-9-8-10-19(21)2)24(27-25)29-16-14-28(15-17-29)20-11-6-5-7-12-20/h5-13,27H,3-4,14-18H2,1-2H3. The highest BCUT2D eigenvalue weighted by atomic mass is 35.5. The Labute approximate surface area is 195 Å². The van der Waals surface area contributed by atoms with E-state index >= 15 is 0 Å². The first kappa shape index (κ1) is 22.7. The quantitative estimate of drug-likeness (QED) is 0.491. The Hall–Kier alpha value is -2.44. The van der Waals surface area contributed by atoms with Crippen LogP contribution in [0.2, 0.25) is 5.02 Å². The smallest absolute Gasteiger partial charge is 0.195 e. The lowest BCUT2D eigenvalue weighted by Gasteiger charge is -2.37. The van der Waals surface area contributed by atoms with E-state index in [1.54, 1.807) is 0 Å². The maximum atomic E-state index is 13.1. The fourth-order valence-electron chi connectivity index (χ4n) is 4.26. The number of aromatic nitrogens is 1. The molecule has 2 aromatic carbocycles. The van der Waals surface area contributed by atoms with Crippen LogP contribution < -0.4 is 9.80 Å². The van der Waals surface area contributed by atoms with E-state index in [-0.39, 0.29) is 10.8 Å². The van der Waals surface area contributed by atoms with Gasteiger partial charge in [0.15, 0.2) is 14.9 Å². The highest BCUT2D eigenvalue weighted by molar-refractivity contribution is 7.91. The predicted molar refractivity (Wildman–Crippen MR) is 134 cm³/mol. The van der Waals surface area contributed by atoms with Gasteiger partial charge < -0.3 is 14.8 Å². The predicted octanol–water partition coefficient (Wildman–Crippen LogP) is 5.54. The van der Waals surface area contributed by atoms with Gasteiger partial charge in [0.05, 0.1) is 10.8 Å². The van der Waals surface area contributed by atoms with Crippen molar-refractivity contribution < 1.29 is 8.42 Å². The van der Waals surface area contributed by atoms with E-state index in [1.807, 2.05) is 44.2 Å². The Balaban J connectivity index is 1.71. The van der Waals surface area contributed by atoms with Crippen LogP contribution in [0.15, 0.2) is 59.6 Å². The summed E-state index contributed by atoms with van der Waals surface area (Å²) in [5.74, 6) is 0.894. The van der Waals surface area contributed by atoms with Crippen molar-refractivity contribution in [3.8, 4) is 11.1 Å². The van der Waals surface area contributed by atoms with E-state index < -0.39 is 9.84 Å². The maximum absolute atomic E-state index is 13.1. The third-order valence-corrected chi connectivity index (χ3v) is 8.34. The summed E-state index contributed by atoms with van der Waals surface area (Å²) in [4.78, 5) is 7.82. The SMILES string of the molecule is CCCCS(=O)(=O)c1[nH]c(N2CCN(c3ccccc3)CC2)c(-c2ccccc2C)c1Cl. The number of aromatic amines is 1. The van der Waals surface area contributed by atoms with Crippen LogP contribution in [-0.2, 0) is 9.84 Å². The Morgan fingerprint density at radius 2 is 1.56 bits per heavy atom. The Morgan fingerprint density at radius 3 is 2.22 bits per heavy atom. The highest BCUT2D eigenvalue weighted by Crippen LogP contribution is 2.43. The number of aryl methyl sites for hydroxylation is 1. The first-order valence-electron chi connectivity index (χ1n) is 11.2. The third-order valence-electron chi connectivity index (χ3n) is 6.10. The molecule has 1 fully saturated rings. The lowest BCUT2D eigenvalue weighted by atomic mass is 10.0. The second-order valence-corrected chi connectivity index (χ2v) is 10.7. The average Bonchev–Trinajstić information content (AvgIpc) is 3.16. The van der Waals surface area contributed by atoms with Gasteiger partial charge in [0.25, 0.3) is 0 Å². The van der Waals surface area contributed by atoms with Crippen LogP contribution in [0.1, 0.15) is 25.3 Å². The molecule has 3 aromatic rings. The highest BCUT2D eigenvalue weighted by Gasteiger charge is 2.30. The summed E-state index contributed by atoms with van der Waals surface area (Å²) in [6, 6.07) is 18.4. The second-order valence-electron chi connectivity index (χ2n) is 8.29. The number of benzene rings is 2. The number of nitrogens with zero attached hydrogens (tertiary/aromatic N) is 2. The summed E-state index contributed by atoms with van der Waals surface area (Å²) in [6.45, 7) is 7.28. The molecule has 1 N–H and O–H groups in total. The van der Waals surface area contributed by atoms with Crippen molar-refractivity contribution in [3.05, 3.63) is 65.2 Å². The van der Waals surface area contributed by atoms with Gasteiger partial charge in [-0.15, -0.1) is 0 Å². The van der Waals surface area contributed by atoms with E-state index in [2.05, 4.69) is 39.0 Å². The van der Waals surface area contributed by atoms with Crippen LogP contribution >= 0.6 is 11.6 Å². The molecule has 5 nitrogen and oxygen atoms in total. The fraction of sp³-hybridized carbons (Fsp3) is 0.360. The molecule has 0 atom stereocenters. The number of nitrogens with one attached hydrogen (secondary N) is 1. The van der Waals surface area contributed by atoms with Gasteiger partial charge in [-0.3, -0.25) is 0 Å². The minimum Gasteiger partial charge on any atom is -0.368 e. The lowest BCUT2D eigenvalue weighted by Crippen LogP contribution is -2.46. The zero-order chi connectivity index (χ0) is 22.7. The molecule has 1 aromatic heterocycles. The monoisotopic (exact) mass is 471 g/mol. The van der Waals surface area contributed by atoms with Gasteiger partial charge in [-0.05, 0) is 36.6 Å². The summed E-state index contributed by atoms with van der Waals surface area (Å²) >= 11 is 6.80. The van der Waals surface area contributed by atoms with Gasteiger partial charge in [-0.25, -0.2) is 8.42 Å². The van der Waals surface area contributed by atoms with Gasteiger partial charge in [-0.2, -0.15) is 0 Å². The molecule has 0 spiro atoms. The number of anilines is 2. The lowest BCUT2D eigenvalue weighted by molar-refractivity contribution is 0.589. The van der Waals surface area contributed by atoms with Crippen molar-refractivity contribution in [2.24, 2.45) is 0 Å². The molecule has 0 unspecified atom stereocenters. The van der Waals surface area contributed by atoms with Crippen molar-refractivity contribution in [2.75, 3.05) is 41.7 Å². The third kappa shape index (κ3) is 4.52. The van der Waals surface area contributed by atoms with Crippen molar-refractivity contribution in [1.29, 1.82) is 0 Å². The molecule has 170 valence electrons. The molecule has 7 heteroatoms. The second kappa shape index (κ2) is 9.59. The number of H-pyrrole nitrogens is 1. The maximum Gasteiger partial charge on any atom is 0.195 e. The number of hydrogen-bond acceptors (Lipinski definition) is 4. The van der Waals surface area contributed by atoms with Crippen molar-refractivity contribution >= 4 is 32.9 Å². The van der Waals surface area contributed by atoms with Gasteiger partial charge in [-0.1, -0.05) is 67.4 Å². The van der Waals surface area contributed by atoms with Gasteiger partial charge in [0, 0.05) is 37.4 Å². The molecule has 1 saturated heterocycles. The Bertz CT molecular complexity index is 1170. The van der Waals surface area contributed by atoms with Crippen LogP contribution in [0, 0.1) is 6.92 Å². The van der Waals surface area contributed by atoms with Crippen LogP contribution in [-0.4, -0.2) is 45.3 Å². The van der Waals surface area contributed by atoms with E-state index in [1.165, 1.54) is 5.69 Å². The number of hydrogen-bond donors (Lipinski definition) is 1. The van der Waals surface area contributed by atoms with Crippen molar-refractivity contribution in [3.63, 3.8) is 0 Å². The number of sulfone groups is 1. The van der Waals surface area contributed by atoms with E-state index in [0.717, 1.165) is 55.1 Å². The minimum atomic E-state index is -3.49. The van der Waals surface area contributed by atoms with Crippen LogP contribution in [0.5, 0.6) is 0 Å². The zero-order valence-electron chi connectivity index (χ0n) is 18.6. The molecule has 1 aliphatic rings. The molecular formula is C25H30ClN3O2S. The molecule has 0 saturated carbocycles. The molecular weight excluding hydrogens is 442 g/mol. The van der Waals surface area contributed by atoms with E-state index in [0.29, 0.717) is 11.4 Å². The van der Waals surface area contributed by atoms with Gasteiger partial charge >= 0.3 is 0 Å². The number of unbranched alkanes of at least 4 members (excludes halogenated alkanes) is 1. The largest absolute Gasteiger partial charge is 0.368 e. The van der Waals surface area contributed by atoms with E-state index in [9.17, 15) is 8.42 Å². The van der Waals surface area contributed by atoms with Crippen LogP contribution in [0.3, 0.4) is 0 Å². The molecule has 0 amide bonds. The number of piperazine rings is 1. The van der Waals surface area contributed by atoms with E-state index in [4.69, 9.17) is 11.6 Å². The molecule has 0 bridgehead atoms. The van der Waals surface area contributed by atoms with Gasteiger partial charge in [0.2, 0.25) is 0 Å². The summed E-state index contributed by atoms with van der Waals surface area (Å²) < 4.78 is 26.1. The molecule has 4 rings (SSSR count). The molecule has 2 heterocycles. The molecule has 0 aliphatic carbocycles. The Morgan fingerprint density at radius 1 is 0.938 bits per heavy atom. The van der Waals surface area contributed by atoms with Crippen LogP contribution in [0.25, 0.3) is 11.1 Å². The number of rotatable bonds is 7. The molecule has 0 radical (unpaired) electrons. The normalized spacial score (nSPS) is 14.7. The van der Waals surface area contributed by atoms with Gasteiger partial charge in [0.1, 0.15) is 5.82 Å². The summed E-state index contributed by atoms with van der Waals surface area (Å²) in [5.41, 5.74) is 4.02.